The van der Waals surface area contributed by atoms with Gasteiger partial charge in [0, 0.05) is 5.56 Å². The zero-order valence-electron chi connectivity index (χ0n) is 10.8. The van der Waals surface area contributed by atoms with Gasteiger partial charge in [-0.2, -0.15) is 0 Å². The van der Waals surface area contributed by atoms with Crippen molar-refractivity contribution in [2.45, 2.75) is 0 Å². The summed E-state index contributed by atoms with van der Waals surface area (Å²) in [6, 6.07) is 16.3. The van der Waals surface area contributed by atoms with Crippen LogP contribution in [0.15, 0.2) is 54.6 Å². The molecule has 3 rings (SSSR count). The van der Waals surface area contributed by atoms with Crippen LogP contribution in [0.4, 0.5) is 0 Å². The van der Waals surface area contributed by atoms with Gasteiger partial charge < -0.3 is 5.11 Å². The minimum absolute atomic E-state index is 0.270. The lowest BCUT2D eigenvalue weighted by Gasteiger charge is -2.07. The first-order valence-corrected chi connectivity index (χ1v) is 6.55. The van der Waals surface area contributed by atoms with Crippen LogP contribution in [0, 0.1) is 0 Å². The Labute approximate surface area is 125 Å². The quantitative estimate of drug-likeness (QED) is 0.806. The molecule has 0 bridgehead atoms. The number of aromatic carboxylic acids is 1. The summed E-state index contributed by atoms with van der Waals surface area (Å²) in [7, 11) is 0. The lowest BCUT2D eigenvalue weighted by Crippen LogP contribution is -2.02. The van der Waals surface area contributed by atoms with Gasteiger partial charge in [-0.05, 0) is 12.1 Å². The molecule has 0 aliphatic rings. The molecule has 0 amide bonds. The Bertz CT molecular complexity index is 800. The number of para-hydroxylation sites is 1. The number of hydrogen-bond acceptors (Lipinski definition) is 3. The van der Waals surface area contributed by atoms with Crippen molar-refractivity contribution in [3.8, 4) is 17.1 Å². The maximum absolute atomic E-state index is 11.1. The molecule has 21 heavy (non-hydrogen) atoms. The van der Waals surface area contributed by atoms with Gasteiger partial charge in [-0.15, -0.1) is 5.10 Å². The van der Waals surface area contributed by atoms with E-state index in [1.807, 2.05) is 30.3 Å². The molecule has 104 valence electrons. The Morgan fingerprint density at radius 3 is 2.38 bits per heavy atom. The molecule has 0 saturated carbocycles. The van der Waals surface area contributed by atoms with Crippen molar-refractivity contribution in [2.75, 3.05) is 0 Å². The van der Waals surface area contributed by atoms with Crippen molar-refractivity contribution in [3.05, 3.63) is 65.4 Å². The second-order valence-electron chi connectivity index (χ2n) is 4.29. The van der Waals surface area contributed by atoms with Crippen LogP contribution in [-0.4, -0.2) is 25.8 Å². The predicted molar refractivity (Wildman–Crippen MR) is 78.8 cm³/mol. The molecule has 5 nitrogen and oxygen atoms in total. The fraction of sp³-hybridized carbons (Fsp3) is 0. The topological polar surface area (TPSA) is 68.0 Å². The molecule has 1 aromatic heterocycles. The van der Waals surface area contributed by atoms with Crippen LogP contribution in [0.2, 0.25) is 5.02 Å². The molecular formula is C15H10ClN3O2. The van der Waals surface area contributed by atoms with Crippen molar-refractivity contribution >= 4 is 17.6 Å². The molecule has 1 heterocycles. The van der Waals surface area contributed by atoms with E-state index in [9.17, 15) is 4.79 Å². The Kier molecular flexibility index (Phi) is 3.41. The fourth-order valence-electron chi connectivity index (χ4n) is 1.97. The molecule has 1 N–H and O–H groups in total. The van der Waals surface area contributed by atoms with E-state index in [-0.39, 0.29) is 5.82 Å². The third-order valence-corrected chi connectivity index (χ3v) is 3.23. The summed E-state index contributed by atoms with van der Waals surface area (Å²) >= 11 is 6.17. The summed E-state index contributed by atoms with van der Waals surface area (Å²) in [6.07, 6.45) is 0. The minimum Gasteiger partial charge on any atom is -0.475 e. The van der Waals surface area contributed by atoms with Gasteiger partial charge in [0.2, 0.25) is 0 Å². The van der Waals surface area contributed by atoms with Gasteiger partial charge in [-0.3, -0.25) is 0 Å². The van der Waals surface area contributed by atoms with Gasteiger partial charge in [-0.1, -0.05) is 54.1 Å². The number of rotatable bonds is 3. The van der Waals surface area contributed by atoms with Crippen molar-refractivity contribution in [2.24, 2.45) is 0 Å². The SMILES string of the molecule is O=C(O)c1nc(-c2ccccc2)n(-c2ccccc2Cl)n1. The highest BCUT2D eigenvalue weighted by Gasteiger charge is 2.18. The van der Waals surface area contributed by atoms with Crippen LogP contribution >= 0.6 is 11.6 Å². The predicted octanol–water partition coefficient (Wildman–Crippen LogP) is 3.29. The van der Waals surface area contributed by atoms with E-state index in [1.165, 1.54) is 4.68 Å². The van der Waals surface area contributed by atoms with E-state index in [0.29, 0.717) is 16.5 Å². The van der Waals surface area contributed by atoms with E-state index in [2.05, 4.69) is 10.1 Å². The number of halogens is 1. The number of carboxylic acid groups (broad SMARTS) is 1. The van der Waals surface area contributed by atoms with E-state index in [4.69, 9.17) is 16.7 Å². The Hall–Kier alpha value is -2.66. The lowest BCUT2D eigenvalue weighted by molar-refractivity contribution is 0.0683. The van der Waals surface area contributed by atoms with Crippen LogP contribution < -0.4 is 0 Å². The zero-order chi connectivity index (χ0) is 14.8. The third-order valence-electron chi connectivity index (χ3n) is 2.91. The van der Waals surface area contributed by atoms with Gasteiger partial charge >= 0.3 is 5.97 Å². The average molecular weight is 300 g/mol. The number of carboxylic acids is 1. The Balaban J connectivity index is 2.24. The van der Waals surface area contributed by atoms with Crippen molar-refractivity contribution in [1.82, 2.24) is 14.8 Å². The Morgan fingerprint density at radius 2 is 1.71 bits per heavy atom. The Morgan fingerprint density at radius 1 is 1.05 bits per heavy atom. The summed E-state index contributed by atoms with van der Waals surface area (Å²) in [6.45, 7) is 0. The highest BCUT2D eigenvalue weighted by molar-refractivity contribution is 6.32. The summed E-state index contributed by atoms with van der Waals surface area (Å²) in [4.78, 5) is 15.2. The van der Waals surface area contributed by atoms with E-state index in [1.54, 1.807) is 24.3 Å². The first kappa shape index (κ1) is 13.3. The molecule has 0 unspecified atom stereocenters. The monoisotopic (exact) mass is 299 g/mol. The minimum atomic E-state index is -1.18. The number of nitrogens with zero attached hydrogens (tertiary/aromatic N) is 3. The summed E-state index contributed by atoms with van der Waals surface area (Å²) in [5.41, 5.74) is 1.34. The molecule has 0 aliphatic heterocycles. The lowest BCUT2D eigenvalue weighted by atomic mass is 10.2. The fourth-order valence-corrected chi connectivity index (χ4v) is 2.18. The summed E-state index contributed by atoms with van der Waals surface area (Å²) < 4.78 is 1.45. The van der Waals surface area contributed by atoms with Gasteiger partial charge in [0.15, 0.2) is 5.82 Å². The number of carbonyl (C=O) groups is 1. The van der Waals surface area contributed by atoms with Gasteiger partial charge in [0.05, 0.1) is 10.7 Å². The maximum atomic E-state index is 11.1. The molecule has 0 atom stereocenters. The first-order chi connectivity index (χ1) is 10.2. The molecule has 0 aliphatic carbocycles. The van der Waals surface area contributed by atoms with Crippen LogP contribution in [0.1, 0.15) is 10.6 Å². The standard InChI is InChI=1S/C15H10ClN3O2/c16-11-8-4-5-9-12(11)19-14(10-6-2-1-3-7-10)17-13(18-19)15(20)21/h1-9H,(H,20,21). The van der Waals surface area contributed by atoms with Crippen LogP contribution in [-0.2, 0) is 0 Å². The van der Waals surface area contributed by atoms with Gasteiger partial charge in [0.25, 0.3) is 5.82 Å². The number of aromatic nitrogens is 3. The van der Waals surface area contributed by atoms with Crippen molar-refractivity contribution < 1.29 is 9.90 Å². The molecule has 6 heteroatoms. The summed E-state index contributed by atoms with van der Waals surface area (Å²) in [5, 5.41) is 13.6. The van der Waals surface area contributed by atoms with Crippen LogP contribution in [0.5, 0.6) is 0 Å². The second kappa shape index (κ2) is 5.38. The average Bonchev–Trinajstić information content (AvgIpc) is 2.94. The van der Waals surface area contributed by atoms with E-state index in [0.717, 1.165) is 5.56 Å². The maximum Gasteiger partial charge on any atom is 0.375 e. The molecule has 0 saturated heterocycles. The molecule has 0 radical (unpaired) electrons. The zero-order valence-corrected chi connectivity index (χ0v) is 11.5. The number of benzene rings is 2. The highest BCUT2D eigenvalue weighted by atomic mass is 35.5. The molecular weight excluding hydrogens is 290 g/mol. The molecule has 0 fully saturated rings. The first-order valence-electron chi connectivity index (χ1n) is 6.17. The van der Waals surface area contributed by atoms with Gasteiger partial charge in [-0.25, -0.2) is 14.5 Å². The van der Waals surface area contributed by atoms with Crippen LogP contribution in [0.25, 0.3) is 17.1 Å². The smallest absolute Gasteiger partial charge is 0.375 e. The third kappa shape index (κ3) is 2.51. The van der Waals surface area contributed by atoms with Crippen molar-refractivity contribution in [1.29, 1.82) is 0 Å². The van der Waals surface area contributed by atoms with Gasteiger partial charge in [0.1, 0.15) is 0 Å². The molecule has 2 aromatic carbocycles. The van der Waals surface area contributed by atoms with Crippen LogP contribution in [0.3, 0.4) is 0 Å². The van der Waals surface area contributed by atoms with E-state index >= 15 is 0 Å². The normalized spacial score (nSPS) is 10.5. The summed E-state index contributed by atoms with van der Waals surface area (Å²) in [5.74, 6) is -1.02. The molecule has 0 spiro atoms. The second-order valence-corrected chi connectivity index (χ2v) is 4.70. The number of hydrogen-bond donors (Lipinski definition) is 1. The molecule has 3 aromatic rings. The largest absolute Gasteiger partial charge is 0.475 e. The highest BCUT2D eigenvalue weighted by Crippen LogP contribution is 2.25. The van der Waals surface area contributed by atoms with E-state index < -0.39 is 5.97 Å². The van der Waals surface area contributed by atoms with Crippen molar-refractivity contribution in [3.63, 3.8) is 0 Å².